The maximum absolute atomic E-state index is 5.71. The highest BCUT2D eigenvalue weighted by Crippen LogP contribution is 2.15. The summed E-state index contributed by atoms with van der Waals surface area (Å²) in [4.78, 5) is 0. The molecule has 4 heteroatoms. The van der Waals surface area contributed by atoms with Gasteiger partial charge >= 0.3 is 0 Å². The summed E-state index contributed by atoms with van der Waals surface area (Å²) in [6.45, 7) is 8.33. The van der Waals surface area contributed by atoms with Crippen molar-refractivity contribution in [1.82, 2.24) is 5.32 Å². The average Bonchev–Trinajstić information content (AvgIpc) is 2.53. The third-order valence-corrected chi connectivity index (χ3v) is 3.33. The molecule has 0 aliphatic carbocycles. The molecular weight excluding hydrogens is 266 g/mol. The number of hydrogen-bond acceptors (Lipinski definition) is 4. The van der Waals surface area contributed by atoms with Gasteiger partial charge in [0.05, 0.1) is 39.1 Å². The van der Waals surface area contributed by atoms with Gasteiger partial charge in [0.15, 0.2) is 0 Å². The highest BCUT2D eigenvalue weighted by molar-refractivity contribution is 5.25. The summed E-state index contributed by atoms with van der Waals surface area (Å²) in [5.41, 5.74) is 2.64. The van der Waals surface area contributed by atoms with Gasteiger partial charge in [-0.1, -0.05) is 38.1 Å². The molecule has 0 saturated heterocycles. The SMILES string of the molecule is CCNC(COCCOCCOC)c1ccc(CC)cc1. The molecule has 0 spiro atoms. The zero-order valence-electron chi connectivity index (χ0n) is 13.6. The molecule has 1 rings (SSSR count). The first kappa shape index (κ1) is 18.1. The number of aryl methyl sites for hydroxylation is 1. The highest BCUT2D eigenvalue weighted by atomic mass is 16.5. The number of benzene rings is 1. The van der Waals surface area contributed by atoms with E-state index in [9.17, 15) is 0 Å². The number of rotatable bonds is 12. The fourth-order valence-electron chi connectivity index (χ4n) is 2.07. The van der Waals surface area contributed by atoms with Gasteiger partial charge in [-0.2, -0.15) is 0 Å². The van der Waals surface area contributed by atoms with Crippen LogP contribution in [0.25, 0.3) is 0 Å². The molecule has 1 aromatic carbocycles. The van der Waals surface area contributed by atoms with Crippen molar-refractivity contribution in [1.29, 1.82) is 0 Å². The molecule has 0 bridgehead atoms. The van der Waals surface area contributed by atoms with Gasteiger partial charge in [-0.25, -0.2) is 0 Å². The molecule has 0 radical (unpaired) electrons. The Kier molecular flexibility index (Phi) is 10.1. The van der Waals surface area contributed by atoms with Crippen molar-refractivity contribution in [3.8, 4) is 0 Å². The van der Waals surface area contributed by atoms with Crippen LogP contribution in [0.2, 0.25) is 0 Å². The van der Waals surface area contributed by atoms with Gasteiger partial charge in [-0.15, -0.1) is 0 Å². The van der Waals surface area contributed by atoms with Crippen molar-refractivity contribution in [2.75, 3.05) is 46.7 Å². The molecule has 0 fully saturated rings. The van der Waals surface area contributed by atoms with Crippen LogP contribution in [0.3, 0.4) is 0 Å². The lowest BCUT2D eigenvalue weighted by molar-refractivity contribution is 0.0194. The van der Waals surface area contributed by atoms with Gasteiger partial charge in [0.1, 0.15) is 0 Å². The second kappa shape index (κ2) is 11.7. The number of methoxy groups -OCH3 is 1. The standard InChI is InChI=1S/C17H29NO3/c1-4-15-6-8-16(9-7-15)17(18-5-2)14-21-13-12-20-11-10-19-3/h6-9,17-18H,4-5,10-14H2,1-3H3. The molecule has 1 aromatic rings. The van der Waals surface area contributed by atoms with Crippen LogP contribution < -0.4 is 5.32 Å². The lowest BCUT2D eigenvalue weighted by Gasteiger charge is -2.19. The minimum Gasteiger partial charge on any atom is -0.382 e. The zero-order chi connectivity index (χ0) is 15.3. The summed E-state index contributed by atoms with van der Waals surface area (Å²) < 4.78 is 16.0. The molecule has 120 valence electrons. The van der Waals surface area contributed by atoms with Crippen molar-refractivity contribution >= 4 is 0 Å². The second-order valence-corrected chi connectivity index (χ2v) is 4.89. The fraction of sp³-hybridized carbons (Fsp3) is 0.647. The number of nitrogens with one attached hydrogen (secondary N) is 1. The van der Waals surface area contributed by atoms with Crippen LogP contribution in [0.5, 0.6) is 0 Å². The Morgan fingerprint density at radius 3 is 2.24 bits per heavy atom. The molecule has 1 atom stereocenters. The minimum absolute atomic E-state index is 0.236. The molecular formula is C17H29NO3. The number of hydrogen-bond donors (Lipinski definition) is 1. The normalized spacial score (nSPS) is 12.5. The predicted octanol–water partition coefficient (Wildman–Crippen LogP) is 2.58. The van der Waals surface area contributed by atoms with Gasteiger partial charge in [0, 0.05) is 7.11 Å². The quantitative estimate of drug-likeness (QED) is 0.602. The molecule has 0 heterocycles. The molecule has 4 nitrogen and oxygen atoms in total. The summed E-state index contributed by atoms with van der Waals surface area (Å²) in [7, 11) is 1.67. The largest absolute Gasteiger partial charge is 0.382 e. The van der Waals surface area contributed by atoms with E-state index in [1.54, 1.807) is 7.11 Å². The molecule has 0 aliphatic heterocycles. The lowest BCUT2D eigenvalue weighted by Crippen LogP contribution is -2.26. The van der Waals surface area contributed by atoms with Crippen LogP contribution in [0.15, 0.2) is 24.3 Å². The molecule has 0 aliphatic rings. The van der Waals surface area contributed by atoms with E-state index in [1.165, 1.54) is 11.1 Å². The summed E-state index contributed by atoms with van der Waals surface area (Å²) in [6, 6.07) is 8.98. The van der Waals surface area contributed by atoms with Crippen LogP contribution in [0, 0.1) is 0 Å². The maximum atomic E-state index is 5.71. The molecule has 1 N–H and O–H groups in total. The summed E-state index contributed by atoms with van der Waals surface area (Å²) in [5.74, 6) is 0. The van der Waals surface area contributed by atoms with Gasteiger partial charge in [0.2, 0.25) is 0 Å². The van der Waals surface area contributed by atoms with Crippen molar-refractivity contribution in [3.05, 3.63) is 35.4 Å². The van der Waals surface area contributed by atoms with E-state index in [-0.39, 0.29) is 6.04 Å². The van der Waals surface area contributed by atoms with E-state index in [0.29, 0.717) is 33.0 Å². The first-order valence-electron chi connectivity index (χ1n) is 7.78. The summed E-state index contributed by atoms with van der Waals surface area (Å²) >= 11 is 0. The van der Waals surface area contributed by atoms with Crippen LogP contribution in [-0.4, -0.2) is 46.7 Å². The van der Waals surface area contributed by atoms with Crippen molar-refractivity contribution in [2.45, 2.75) is 26.3 Å². The Balaban J connectivity index is 2.32. The monoisotopic (exact) mass is 295 g/mol. The van der Waals surface area contributed by atoms with Gasteiger partial charge < -0.3 is 19.5 Å². The Bertz CT molecular complexity index is 354. The third-order valence-electron chi connectivity index (χ3n) is 3.33. The fourth-order valence-corrected chi connectivity index (χ4v) is 2.07. The first-order valence-corrected chi connectivity index (χ1v) is 7.78. The van der Waals surface area contributed by atoms with Crippen molar-refractivity contribution < 1.29 is 14.2 Å². The molecule has 1 unspecified atom stereocenters. The molecule has 0 saturated carbocycles. The Labute approximate surface area is 128 Å². The predicted molar refractivity (Wildman–Crippen MR) is 85.8 cm³/mol. The number of likely N-dealkylation sites (N-methyl/N-ethyl adjacent to an activating group) is 1. The molecule has 0 amide bonds. The van der Waals surface area contributed by atoms with Gasteiger partial charge in [-0.3, -0.25) is 0 Å². The minimum atomic E-state index is 0.236. The Morgan fingerprint density at radius 1 is 0.952 bits per heavy atom. The van der Waals surface area contributed by atoms with Crippen LogP contribution in [0.4, 0.5) is 0 Å². The second-order valence-electron chi connectivity index (χ2n) is 4.89. The lowest BCUT2D eigenvalue weighted by atomic mass is 10.0. The van der Waals surface area contributed by atoms with E-state index in [4.69, 9.17) is 14.2 Å². The molecule has 0 aromatic heterocycles. The van der Waals surface area contributed by atoms with E-state index in [2.05, 4.69) is 43.4 Å². The average molecular weight is 295 g/mol. The maximum Gasteiger partial charge on any atom is 0.0701 e. The summed E-state index contributed by atoms with van der Waals surface area (Å²) in [5, 5.41) is 3.46. The van der Waals surface area contributed by atoms with Crippen molar-refractivity contribution in [3.63, 3.8) is 0 Å². The van der Waals surface area contributed by atoms with Gasteiger partial charge in [-0.05, 0) is 24.1 Å². The van der Waals surface area contributed by atoms with Crippen LogP contribution in [-0.2, 0) is 20.6 Å². The topological polar surface area (TPSA) is 39.7 Å². The highest BCUT2D eigenvalue weighted by Gasteiger charge is 2.10. The summed E-state index contributed by atoms with van der Waals surface area (Å²) in [6.07, 6.45) is 1.07. The zero-order valence-corrected chi connectivity index (χ0v) is 13.6. The van der Waals surface area contributed by atoms with E-state index in [1.807, 2.05) is 0 Å². The number of ether oxygens (including phenoxy) is 3. The van der Waals surface area contributed by atoms with Crippen molar-refractivity contribution in [2.24, 2.45) is 0 Å². The van der Waals surface area contributed by atoms with Crippen LogP contribution >= 0.6 is 0 Å². The van der Waals surface area contributed by atoms with E-state index >= 15 is 0 Å². The Hall–Kier alpha value is -0.940. The first-order chi connectivity index (χ1) is 10.3. The van der Waals surface area contributed by atoms with Gasteiger partial charge in [0.25, 0.3) is 0 Å². The molecule has 21 heavy (non-hydrogen) atoms. The van der Waals surface area contributed by atoms with E-state index < -0.39 is 0 Å². The smallest absolute Gasteiger partial charge is 0.0701 e. The Morgan fingerprint density at radius 2 is 1.62 bits per heavy atom. The third kappa shape index (κ3) is 7.58. The van der Waals surface area contributed by atoms with E-state index in [0.717, 1.165) is 13.0 Å². The van der Waals surface area contributed by atoms with Crippen LogP contribution in [0.1, 0.15) is 31.0 Å².